The predicted octanol–water partition coefficient (Wildman–Crippen LogP) is 6.84. The Bertz CT molecular complexity index is 504. The second-order valence-electron chi connectivity index (χ2n) is 11.1. The van der Waals surface area contributed by atoms with E-state index in [4.69, 9.17) is 14.2 Å². The molecule has 0 aromatic rings. The van der Waals surface area contributed by atoms with Crippen molar-refractivity contribution in [2.75, 3.05) is 47.5 Å². The van der Waals surface area contributed by atoms with Gasteiger partial charge in [-0.25, -0.2) is 0 Å². The quantitative estimate of drug-likeness (QED) is 0.0780. The maximum atomic E-state index is 11.9. The largest absolute Gasteiger partial charge is 0.461 e. The molecule has 0 aliphatic heterocycles. The van der Waals surface area contributed by atoms with Gasteiger partial charge < -0.3 is 18.7 Å². The summed E-state index contributed by atoms with van der Waals surface area (Å²) in [6, 6.07) is 0. The molecule has 0 heterocycles. The summed E-state index contributed by atoms with van der Waals surface area (Å²) < 4.78 is 16.9. The molecular weight excluding hydrogens is 442 g/mol. The Balaban J connectivity index is 3.57. The first-order valence-corrected chi connectivity index (χ1v) is 14.5. The Hall–Kier alpha value is -1.14. The average molecular weight is 501 g/mol. The first kappa shape index (κ1) is 33.9. The van der Waals surface area contributed by atoms with Gasteiger partial charge in [0.15, 0.2) is 6.10 Å². The zero-order valence-electron chi connectivity index (χ0n) is 23.9. The lowest BCUT2D eigenvalue weighted by atomic mass is 10.0. The number of esters is 2. The zero-order valence-corrected chi connectivity index (χ0v) is 23.9. The van der Waals surface area contributed by atoms with Crippen LogP contribution in [-0.4, -0.2) is 70.0 Å². The summed E-state index contributed by atoms with van der Waals surface area (Å²) in [6.07, 6.45) is 21.3. The monoisotopic (exact) mass is 500 g/mol. The molecule has 35 heavy (non-hydrogen) atoms. The van der Waals surface area contributed by atoms with Crippen molar-refractivity contribution >= 4 is 11.9 Å². The number of hydrogen-bond donors (Lipinski definition) is 0. The fourth-order valence-corrected chi connectivity index (χ4v) is 4.00. The number of hydrogen-bond acceptors (Lipinski definition) is 5. The highest BCUT2D eigenvalue weighted by atomic mass is 16.6. The minimum absolute atomic E-state index is 0.0501. The second-order valence-corrected chi connectivity index (χ2v) is 11.1. The smallest absolute Gasteiger partial charge is 0.311 e. The highest BCUT2D eigenvalue weighted by molar-refractivity contribution is 5.69. The van der Waals surface area contributed by atoms with Gasteiger partial charge in [-0.3, -0.25) is 9.59 Å². The third-order valence-electron chi connectivity index (χ3n) is 6.20. The van der Waals surface area contributed by atoms with Crippen LogP contribution in [0.4, 0.5) is 0 Å². The van der Waals surface area contributed by atoms with E-state index in [2.05, 4.69) is 6.92 Å². The zero-order chi connectivity index (χ0) is 26.2. The van der Waals surface area contributed by atoms with Crippen molar-refractivity contribution in [2.45, 2.75) is 129 Å². The molecule has 0 spiro atoms. The van der Waals surface area contributed by atoms with Crippen LogP contribution in [0.15, 0.2) is 0 Å². The van der Waals surface area contributed by atoms with Crippen molar-refractivity contribution in [1.29, 1.82) is 0 Å². The topological polar surface area (TPSA) is 61.8 Å². The minimum Gasteiger partial charge on any atom is -0.461 e. The third-order valence-corrected chi connectivity index (χ3v) is 6.20. The number of rotatable bonds is 25. The molecule has 0 amide bonds. The van der Waals surface area contributed by atoms with Crippen LogP contribution in [0.2, 0.25) is 0 Å². The van der Waals surface area contributed by atoms with Gasteiger partial charge in [0.2, 0.25) is 0 Å². The summed E-state index contributed by atoms with van der Waals surface area (Å²) in [6.45, 7) is 5.30. The van der Waals surface area contributed by atoms with Crippen LogP contribution in [0, 0.1) is 0 Å². The molecule has 0 N–H and O–H groups in total. The lowest BCUT2D eigenvalue weighted by molar-refractivity contribution is -0.869. The van der Waals surface area contributed by atoms with Gasteiger partial charge in [0.05, 0.1) is 40.7 Å². The van der Waals surface area contributed by atoms with E-state index in [0.29, 0.717) is 24.1 Å². The normalized spacial score (nSPS) is 12.5. The summed E-state index contributed by atoms with van der Waals surface area (Å²) >= 11 is 0. The highest BCUT2D eigenvalue weighted by Crippen LogP contribution is 2.13. The van der Waals surface area contributed by atoms with Crippen LogP contribution in [0.3, 0.4) is 0 Å². The van der Waals surface area contributed by atoms with E-state index in [0.717, 1.165) is 12.8 Å². The Labute approximate surface area is 217 Å². The van der Waals surface area contributed by atoms with Crippen molar-refractivity contribution < 1.29 is 28.3 Å². The molecule has 0 radical (unpaired) electrons. The molecule has 0 saturated carbocycles. The summed E-state index contributed by atoms with van der Waals surface area (Å²) in [7, 11) is 6.09. The Morgan fingerprint density at radius 1 is 0.686 bits per heavy atom. The van der Waals surface area contributed by atoms with Gasteiger partial charge in [0, 0.05) is 13.5 Å². The lowest BCUT2D eigenvalue weighted by Crippen LogP contribution is -2.37. The third kappa shape index (κ3) is 27.3. The Kier molecular flexibility index (Phi) is 22.5. The van der Waals surface area contributed by atoms with Gasteiger partial charge in [-0.1, -0.05) is 103 Å². The van der Waals surface area contributed by atoms with Gasteiger partial charge in [0.1, 0.15) is 6.61 Å². The summed E-state index contributed by atoms with van der Waals surface area (Å²) in [5, 5.41) is 0. The van der Waals surface area contributed by atoms with Crippen LogP contribution >= 0.6 is 0 Å². The number of nitrogens with zero attached hydrogens (tertiary/aromatic N) is 1. The van der Waals surface area contributed by atoms with E-state index in [9.17, 15) is 9.59 Å². The second kappa shape index (κ2) is 23.3. The predicted molar refractivity (Wildman–Crippen MR) is 144 cm³/mol. The van der Waals surface area contributed by atoms with Crippen molar-refractivity contribution in [3.8, 4) is 0 Å². The number of ether oxygens (including phenoxy) is 3. The highest BCUT2D eigenvalue weighted by Gasteiger charge is 2.17. The molecule has 1 atom stereocenters. The molecule has 208 valence electrons. The molecule has 0 aliphatic rings. The van der Waals surface area contributed by atoms with Crippen molar-refractivity contribution in [3.05, 3.63) is 0 Å². The van der Waals surface area contributed by atoms with Crippen molar-refractivity contribution in [1.82, 2.24) is 0 Å². The molecule has 0 bridgehead atoms. The number of unbranched alkanes of at least 4 members (excludes halogenated alkanes) is 15. The van der Waals surface area contributed by atoms with E-state index in [1.54, 1.807) is 0 Å². The fraction of sp³-hybridized carbons (Fsp3) is 0.931. The van der Waals surface area contributed by atoms with Crippen LogP contribution in [0.25, 0.3) is 0 Å². The van der Waals surface area contributed by atoms with Gasteiger partial charge in [-0.15, -0.1) is 0 Å². The van der Waals surface area contributed by atoms with E-state index >= 15 is 0 Å². The van der Waals surface area contributed by atoms with Crippen LogP contribution < -0.4 is 0 Å². The summed E-state index contributed by atoms with van der Waals surface area (Å²) in [4.78, 5) is 23.2. The number of carbonyl (C=O) groups excluding carboxylic acids is 2. The molecule has 0 aliphatic carbocycles. The van der Waals surface area contributed by atoms with Crippen LogP contribution in [-0.2, 0) is 23.8 Å². The maximum absolute atomic E-state index is 11.9. The first-order valence-electron chi connectivity index (χ1n) is 14.5. The maximum Gasteiger partial charge on any atom is 0.311 e. The lowest BCUT2D eigenvalue weighted by Gasteiger charge is -2.23. The van der Waals surface area contributed by atoms with Crippen molar-refractivity contribution in [3.63, 3.8) is 0 Å². The summed E-state index contributed by atoms with van der Waals surface area (Å²) in [5.41, 5.74) is 0. The van der Waals surface area contributed by atoms with E-state index in [-0.39, 0.29) is 25.2 Å². The van der Waals surface area contributed by atoms with E-state index < -0.39 is 6.10 Å². The Morgan fingerprint density at radius 3 is 1.57 bits per heavy atom. The molecule has 0 aromatic heterocycles. The van der Waals surface area contributed by atoms with Gasteiger partial charge in [-0.05, 0) is 6.42 Å². The van der Waals surface area contributed by atoms with E-state index in [1.807, 2.05) is 21.1 Å². The molecule has 0 rings (SSSR count). The number of carbonyl (C=O) groups is 2. The molecule has 0 saturated heterocycles. The molecule has 6 heteroatoms. The van der Waals surface area contributed by atoms with E-state index in [1.165, 1.54) is 96.8 Å². The standard InChI is InChI=1S/C29H58NO5/c1-6-7-8-9-10-11-12-13-14-15-16-17-18-19-20-21-24-33-25-28(35-27(2)31)26-34-29(32)22-23-30(3,4)5/h28H,6-26H2,1-5H3/q+1. The van der Waals surface area contributed by atoms with Crippen LogP contribution in [0.1, 0.15) is 123 Å². The summed E-state index contributed by atoms with van der Waals surface area (Å²) in [5.74, 6) is -0.656. The molecule has 0 aromatic carbocycles. The first-order chi connectivity index (χ1) is 16.7. The van der Waals surface area contributed by atoms with Crippen molar-refractivity contribution in [2.24, 2.45) is 0 Å². The molecule has 1 unspecified atom stereocenters. The molecule has 0 fully saturated rings. The molecule has 6 nitrogen and oxygen atoms in total. The SMILES string of the molecule is CCCCCCCCCCCCCCCCCCOCC(COC(=O)CC[N+](C)(C)C)OC(C)=O. The minimum atomic E-state index is -0.540. The number of quaternary nitrogens is 1. The molecular formula is C29H58NO5+. The Morgan fingerprint density at radius 2 is 1.14 bits per heavy atom. The van der Waals surface area contributed by atoms with Crippen LogP contribution in [0.5, 0.6) is 0 Å². The van der Waals surface area contributed by atoms with Gasteiger partial charge in [0.25, 0.3) is 0 Å². The van der Waals surface area contributed by atoms with Gasteiger partial charge in [-0.2, -0.15) is 0 Å². The fourth-order valence-electron chi connectivity index (χ4n) is 4.00. The average Bonchev–Trinajstić information content (AvgIpc) is 2.79. The van der Waals surface area contributed by atoms with Gasteiger partial charge >= 0.3 is 11.9 Å².